The van der Waals surface area contributed by atoms with E-state index in [1.165, 1.54) is 11.3 Å². The summed E-state index contributed by atoms with van der Waals surface area (Å²) in [6.07, 6.45) is 1.06. The van der Waals surface area contributed by atoms with Gasteiger partial charge in [0.05, 0.1) is 10.7 Å². The molecule has 2 aromatic heterocycles. The lowest BCUT2D eigenvalue weighted by molar-refractivity contribution is 0.0598. The van der Waals surface area contributed by atoms with Gasteiger partial charge < -0.3 is 9.47 Å². The first kappa shape index (κ1) is 14.6. The first-order valence-corrected chi connectivity index (χ1v) is 8.77. The molecule has 4 heterocycles. The largest absolute Gasteiger partial charge is 0.337 e. The Kier molecular flexibility index (Phi) is 3.37. The van der Waals surface area contributed by atoms with Crippen LogP contribution in [0.1, 0.15) is 38.4 Å². The zero-order valence-electron chi connectivity index (χ0n) is 13.3. The summed E-state index contributed by atoms with van der Waals surface area (Å²) >= 11 is 1.47. The van der Waals surface area contributed by atoms with Gasteiger partial charge in [-0.05, 0) is 32.3 Å². The highest BCUT2D eigenvalue weighted by atomic mass is 32.1. The fraction of sp³-hybridized carbons (Fsp3) is 0.471. The van der Waals surface area contributed by atoms with Crippen molar-refractivity contribution < 1.29 is 4.79 Å². The van der Waals surface area contributed by atoms with Crippen LogP contribution in [0.2, 0.25) is 0 Å². The number of piperidine rings is 1. The van der Waals surface area contributed by atoms with Crippen LogP contribution in [-0.4, -0.2) is 33.4 Å². The number of hydrogen-bond acceptors (Lipinski definition) is 4. The van der Waals surface area contributed by atoms with Crippen LogP contribution in [0.5, 0.6) is 0 Å². The molecule has 0 aliphatic carbocycles. The van der Waals surface area contributed by atoms with Crippen LogP contribution in [0.25, 0.3) is 0 Å². The molecule has 6 heteroatoms. The van der Waals surface area contributed by atoms with Crippen molar-refractivity contribution in [2.45, 2.75) is 32.7 Å². The minimum atomic E-state index is 0.0749. The molecule has 5 nitrogen and oxygen atoms in total. The number of likely N-dealkylation sites (tertiary alicyclic amines) is 1. The number of hydrogen-bond donors (Lipinski definition) is 0. The third-order valence-corrected chi connectivity index (χ3v) is 5.93. The monoisotopic (exact) mass is 329 g/mol. The molecule has 0 saturated carbocycles. The highest BCUT2D eigenvalue weighted by molar-refractivity contribution is 7.13. The van der Waals surface area contributed by atoms with Gasteiger partial charge in [0.1, 0.15) is 4.88 Å². The van der Waals surface area contributed by atoms with Crippen molar-refractivity contribution in [2.24, 2.45) is 5.92 Å². The number of thiazole rings is 1. The van der Waals surface area contributed by atoms with Crippen molar-refractivity contribution in [3.8, 4) is 0 Å². The predicted octanol–water partition coefficient (Wildman–Crippen LogP) is 2.18. The number of carbonyl (C=O) groups is 1. The summed E-state index contributed by atoms with van der Waals surface area (Å²) in [5.41, 5.74) is 1.97. The van der Waals surface area contributed by atoms with Gasteiger partial charge in [0.2, 0.25) is 0 Å². The second-order valence-electron chi connectivity index (χ2n) is 6.56. The second kappa shape index (κ2) is 5.30. The number of amides is 1. The van der Waals surface area contributed by atoms with E-state index in [0.29, 0.717) is 12.5 Å². The Labute approximate surface area is 138 Å². The molecule has 120 valence electrons. The molecule has 2 unspecified atom stereocenters. The first-order chi connectivity index (χ1) is 11.0. The van der Waals surface area contributed by atoms with E-state index in [1.807, 2.05) is 35.4 Å². The van der Waals surface area contributed by atoms with E-state index in [4.69, 9.17) is 0 Å². The van der Waals surface area contributed by atoms with Crippen LogP contribution in [-0.2, 0) is 6.54 Å². The third-order valence-electron chi connectivity index (χ3n) is 4.86. The van der Waals surface area contributed by atoms with Crippen LogP contribution < -0.4 is 5.56 Å². The molecular weight excluding hydrogens is 310 g/mol. The van der Waals surface area contributed by atoms with Gasteiger partial charge in [0.15, 0.2) is 0 Å². The van der Waals surface area contributed by atoms with Crippen molar-refractivity contribution in [1.29, 1.82) is 0 Å². The van der Waals surface area contributed by atoms with Crippen LogP contribution in [0.4, 0.5) is 0 Å². The molecule has 23 heavy (non-hydrogen) atoms. The van der Waals surface area contributed by atoms with Crippen LogP contribution >= 0.6 is 11.3 Å². The molecule has 1 amide bonds. The van der Waals surface area contributed by atoms with Gasteiger partial charge in [-0.1, -0.05) is 6.07 Å². The van der Waals surface area contributed by atoms with Crippen molar-refractivity contribution in [2.75, 3.05) is 13.1 Å². The summed E-state index contributed by atoms with van der Waals surface area (Å²) in [6.45, 7) is 5.97. The van der Waals surface area contributed by atoms with E-state index >= 15 is 0 Å². The number of aromatic nitrogens is 2. The standard InChI is InChI=1S/C17H19N3O2S/c1-10-16(23-11(2)18-10)17(22)19-7-12-6-13(9-19)14-4-3-5-15(21)20(14)8-12/h3-5,12-13H,6-9H2,1-2H3. The molecule has 0 radical (unpaired) electrons. The van der Waals surface area contributed by atoms with Gasteiger partial charge in [-0.15, -0.1) is 11.3 Å². The lowest BCUT2D eigenvalue weighted by Gasteiger charge is -2.42. The lowest BCUT2D eigenvalue weighted by atomic mass is 9.83. The Morgan fingerprint density at radius 1 is 1.26 bits per heavy atom. The molecule has 2 aromatic rings. The van der Waals surface area contributed by atoms with E-state index in [2.05, 4.69) is 4.98 Å². The Morgan fingerprint density at radius 3 is 2.83 bits per heavy atom. The van der Waals surface area contributed by atoms with Crippen molar-refractivity contribution in [3.63, 3.8) is 0 Å². The van der Waals surface area contributed by atoms with Crippen LogP contribution in [0.15, 0.2) is 23.0 Å². The van der Waals surface area contributed by atoms with Gasteiger partial charge in [0.25, 0.3) is 11.5 Å². The zero-order chi connectivity index (χ0) is 16.1. The molecule has 2 bridgehead atoms. The summed E-state index contributed by atoms with van der Waals surface area (Å²) < 4.78 is 1.89. The normalized spacial score (nSPS) is 22.8. The molecule has 4 rings (SSSR count). The summed E-state index contributed by atoms with van der Waals surface area (Å²) in [5, 5.41) is 0.931. The van der Waals surface area contributed by atoms with Gasteiger partial charge in [0, 0.05) is 37.3 Å². The smallest absolute Gasteiger partial charge is 0.265 e. The van der Waals surface area contributed by atoms with Gasteiger partial charge >= 0.3 is 0 Å². The van der Waals surface area contributed by atoms with Crippen molar-refractivity contribution in [1.82, 2.24) is 14.5 Å². The highest BCUT2D eigenvalue weighted by Gasteiger charge is 2.37. The maximum atomic E-state index is 12.9. The molecule has 1 fully saturated rings. The Bertz CT molecular complexity index is 839. The Hall–Kier alpha value is -1.95. The highest BCUT2D eigenvalue weighted by Crippen LogP contribution is 2.36. The fourth-order valence-electron chi connectivity index (χ4n) is 3.94. The maximum absolute atomic E-state index is 12.9. The van der Waals surface area contributed by atoms with Crippen LogP contribution in [0, 0.1) is 19.8 Å². The fourth-order valence-corrected chi connectivity index (χ4v) is 4.82. The minimum absolute atomic E-state index is 0.0749. The SMILES string of the molecule is Cc1nc(C)c(C(=O)N2CC3CC(C2)c2cccc(=O)n2C3)s1. The lowest BCUT2D eigenvalue weighted by Crippen LogP contribution is -2.49. The molecule has 2 aliphatic rings. The van der Waals surface area contributed by atoms with E-state index in [-0.39, 0.29) is 17.4 Å². The molecule has 0 aromatic carbocycles. The van der Waals surface area contributed by atoms with E-state index in [1.54, 1.807) is 6.07 Å². The van der Waals surface area contributed by atoms with Gasteiger partial charge in [-0.2, -0.15) is 0 Å². The summed E-state index contributed by atoms with van der Waals surface area (Å²) in [5.74, 6) is 0.712. The number of pyridine rings is 1. The molecule has 1 saturated heterocycles. The molecular formula is C17H19N3O2S. The van der Waals surface area contributed by atoms with Crippen LogP contribution in [0.3, 0.4) is 0 Å². The first-order valence-electron chi connectivity index (χ1n) is 7.96. The Balaban J connectivity index is 1.65. The quantitative estimate of drug-likeness (QED) is 0.806. The summed E-state index contributed by atoms with van der Waals surface area (Å²) in [7, 11) is 0. The number of fused-ring (bicyclic) bond motifs is 4. The van der Waals surface area contributed by atoms with Crippen molar-refractivity contribution in [3.05, 3.63) is 49.8 Å². The summed E-state index contributed by atoms with van der Waals surface area (Å²) in [6, 6.07) is 5.47. The van der Waals surface area contributed by atoms with Crippen molar-refractivity contribution >= 4 is 17.2 Å². The Morgan fingerprint density at radius 2 is 2.09 bits per heavy atom. The number of nitrogens with zero attached hydrogens (tertiary/aromatic N) is 3. The van der Waals surface area contributed by atoms with E-state index in [9.17, 15) is 9.59 Å². The molecule has 0 spiro atoms. The van der Waals surface area contributed by atoms with E-state index in [0.717, 1.165) is 40.8 Å². The maximum Gasteiger partial charge on any atom is 0.265 e. The second-order valence-corrected chi connectivity index (χ2v) is 7.76. The number of rotatable bonds is 1. The molecule has 2 aliphatic heterocycles. The number of carbonyl (C=O) groups excluding carboxylic acids is 1. The summed E-state index contributed by atoms with van der Waals surface area (Å²) in [4.78, 5) is 32.0. The predicted molar refractivity (Wildman–Crippen MR) is 89.0 cm³/mol. The average Bonchev–Trinajstić information content (AvgIpc) is 2.86. The topological polar surface area (TPSA) is 55.2 Å². The van der Waals surface area contributed by atoms with Gasteiger partial charge in [-0.3, -0.25) is 9.59 Å². The van der Waals surface area contributed by atoms with E-state index < -0.39 is 0 Å². The minimum Gasteiger partial charge on any atom is -0.337 e. The van der Waals surface area contributed by atoms with Gasteiger partial charge in [-0.25, -0.2) is 4.98 Å². The third kappa shape index (κ3) is 2.41. The zero-order valence-corrected chi connectivity index (χ0v) is 14.1. The number of aryl methyl sites for hydroxylation is 2. The molecule has 0 N–H and O–H groups in total. The average molecular weight is 329 g/mol. The molecule has 2 atom stereocenters.